The van der Waals surface area contributed by atoms with Crippen LogP contribution in [0.2, 0.25) is 0 Å². The second kappa shape index (κ2) is 5.67. The quantitative estimate of drug-likeness (QED) is 0.573. The molecule has 0 spiro atoms. The zero-order chi connectivity index (χ0) is 7.11. The van der Waals surface area contributed by atoms with Crippen LogP contribution in [0.4, 0.5) is 0 Å². The fourth-order valence-corrected chi connectivity index (χ4v) is 0.821. The molecule has 0 radical (unpaired) electrons. The van der Waals surface area contributed by atoms with Crippen LogP contribution in [0.3, 0.4) is 0 Å². The Bertz CT molecular complexity index is 89.3. The number of allylic oxidation sites excluding steroid dienone is 1. The lowest BCUT2D eigenvalue weighted by molar-refractivity contribution is 0.837. The molecule has 1 heteroatoms. The highest BCUT2D eigenvalue weighted by atomic mass is 14.9. The summed E-state index contributed by atoms with van der Waals surface area (Å²) in [5.41, 5.74) is 1.42. The molecule has 9 heavy (non-hydrogen) atoms. The minimum absolute atomic E-state index is 0. The number of hydrogen-bond acceptors (Lipinski definition) is 1. The van der Waals surface area contributed by atoms with Gasteiger partial charge in [-0.2, -0.15) is 0 Å². The summed E-state index contributed by atoms with van der Waals surface area (Å²) < 4.78 is 0. The van der Waals surface area contributed by atoms with Crippen LogP contribution in [0.1, 0.15) is 35.0 Å². The average molecular weight is 129 g/mol. The minimum Gasteiger partial charge on any atom is -0.388 e. The SMILES string of the molecule is CC.CCC1=CCCN1.[HH]. The molecule has 0 bridgehead atoms. The predicted molar refractivity (Wildman–Crippen MR) is 44.5 cm³/mol. The van der Waals surface area contributed by atoms with E-state index in [0.29, 0.717) is 0 Å². The van der Waals surface area contributed by atoms with Gasteiger partial charge in [0.05, 0.1) is 0 Å². The van der Waals surface area contributed by atoms with Crippen molar-refractivity contribution in [1.29, 1.82) is 0 Å². The number of nitrogens with one attached hydrogen (secondary N) is 1. The van der Waals surface area contributed by atoms with Gasteiger partial charge in [-0.25, -0.2) is 0 Å². The first-order valence-electron chi connectivity index (χ1n) is 3.86. The first-order valence-corrected chi connectivity index (χ1v) is 3.86. The monoisotopic (exact) mass is 129 g/mol. The molecule has 0 amide bonds. The molecule has 0 fully saturated rings. The van der Waals surface area contributed by atoms with Gasteiger partial charge in [-0.05, 0) is 12.8 Å². The summed E-state index contributed by atoms with van der Waals surface area (Å²) in [6, 6.07) is 0. The maximum absolute atomic E-state index is 3.27. The first-order chi connectivity index (χ1) is 4.43. The minimum atomic E-state index is 0. The molecule has 56 valence electrons. The van der Waals surface area contributed by atoms with Gasteiger partial charge in [0.2, 0.25) is 0 Å². The molecule has 0 aromatic carbocycles. The predicted octanol–water partition coefficient (Wildman–Crippen LogP) is 2.55. The van der Waals surface area contributed by atoms with Gasteiger partial charge in [-0.1, -0.05) is 26.8 Å². The molecule has 0 aromatic heterocycles. The third kappa shape index (κ3) is 3.17. The zero-order valence-corrected chi connectivity index (χ0v) is 6.70. The largest absolute Gasteiger partial charge is 0.388 e. The Balaban J connectivity index is 0. The van der Waals surface area contributed by atoms with Crippen LogP contribution in [0, 0.1) is 0 Å². The molecule has 0 unspecified atom stereocenters. The molecule has 0 saturated carbocycles. The van der Waals surface area contributed by atoms with E-state index in [4.69, 9.17) is 0 Å². The lowest BCUT2D eigenvalue weighted by Crippen LogP contribution is -2.05. The van der Waals surface area contributed by atoms with Crippen LogP contribution in [0.5, 0.6) is 0 Å². The van der Waals surface area contributed by atoms with E-state index in [0.717, 1.165) is 6.54 Å². The van der Waals surface area contributed by atoms with Gasteiger partial charge < -0.3 is 5.32 Å². The third-order valence-electron chi connectivity index (χ3n) is 1.27. The highest BCUT2D eigenvalue weighted by Crippen LogP contribution is 2.02. The number of rotatable bonds is 1. The van der Waals surface area contributed by atoms with Crippen LogP contribution < -0.4 is 5.32 Å². The van der Waals surface area contributed by atoms with Crippen molar-refractivity contribution >= 4 is 0 Å². The Kier molecular flexibility index (Phi) is 5.38. The highest BCUT2D eigenvalue weighted by molar-refractivity contribution is 5.04. The Labute approximate surface area is 59.6 Å². The molecule has 1 rings (SSSR count). The fourth-order valence-electron chi connectivity index (χ4n) is 0.821. The Morgan fingerprint density at radius 1 is 1.67 bits per heavy atom. The summed E-state index contributed by atoms with van der Waals surface area (Å²) in [4.78, 5) is 0. The molecule has 0 saturated heterocycles. The van der Waals surface area contributed by atoms with Crippen molar-refractivity contribution in [2.45, 2.75) is 33.6 Å². The molecule has 0 aliphatic carbocycles. The Hall–Kier alpha value is -0.460. The van der Waals surface area contributed by atoms with Crippen LogP contribution in [-0.2, 0) is 0 Å². The summed E-state index contributed by atoms with van der Waals surface area (Å²) in [7, 11) is 0. The smallest absolute Gasteiger partial charge is 0.0179 e. The fraction of sp³-hybridized carbons (Fsp3) is 0.750. The van der Waals surface area contributed by atoms with E-state index in [1.54, 1.807) is 0 Å². The van der Waals surface area contributed by atoms with Gasteiger partial charge in [0.15, 0.2) is 0 Å². The van der Waals surface area contributed by atoms with Crippen molar-refractivity contribution in [1.82, 2.24) is 5.32 Å². The van der Waals surface area contributed by atoms with Gasteiger partial charge in [-0.15, -0.1) is 0 Å². The van der Waals surface area contributed by atoms with Crippen LogP contribution >= 0.6 is 0 Å². The average Bonchev–Trinajstić information content (AvgIpc) is 2.43. The first kappa shape index (κ1) is 8.54. The van der Waals surface area contributed by atoms with E-state index in [-0.39, 0.29) is 1.43 Å². The summed E-state index contributed by atoms with van der Waals surface area (Å²) in [6.45, 7) is 7.33. The molecular formula is C8H19N. The lowest BCUT2D eigenvalue weighted by atomic mass is 10.3. The molecular weight excluding hydrogens is 110 g/mol. The normalized spacial score (nSPS) is 15.2. The van der Waals surface area contributed by atoms with Gasteiger partial charge >= 0.3 is 0 Å². The summed E-state index contributed by atoms with van der Waals surface area (Å²) in [6.07, 6.45) is 4.66. The maximum Gasteiger partial charge on any atom is 0.0179 e. The molecule has 1 aliphatic heterocycles. The zero-order valence-electron chi connectivity index (χ0n) is 6.70. The lowest BCUT2D eigenvalue weighted by Gasteiger charge is -1.95. The van der Waals surface area contributed by atoms with E-state index < -0.39 is 0 Å². The third-order valence-corrected chi connectivity index (χ3v) is 1.27. The van der Waals surface area contributed by atoms with E-state index in [2.05, 4.69) is 18.3 Å². The standard InChI is InChI=1S/C6H11N.C2H6.H2/c1-2-6-4-3-5-7-6;1-2;/h4,7H,2-3,5H2,1H3;1-2H3;1H. The van der Waals surface area contributed by atoms with Crippen LogP contribution in [-0.4, -0.2) is 6.54 Å². The molecule has 1 aliphatic rings. The van der Waals surface area contributed by atoms with Crippen molar-refractivity contribution in [2.75, 3.05) is 6.54 Å². The van der Waals surface area contributed by atoms with Gasteiger partial charge in [0, 0.05) is 13.7 Å². The summed E-state index contributed by atoms with van der Waals surface area (Å²) in [5, 5.41) is 3.27. The molecule has 1 heterocycles. The van der Waals surface area contributed by atoms with Crippen LogP contribution in [0.25, 0.3) is 0 Å². The molecule has 1 N–H and O–H groups in total. The Morgan fingerprint density at radius 3 is 2.56 bits per heavy atom. The van der Waals surface area contributed by atoms with Gasteiger partial charge in [0.1, 0.15) is 0 Å². The van der Waals surface area contributed by atoms with Crippen molar-refractivity contribution in [3.8, 4) is 0 Å². The molecule has 1 nitrogen and oxygen atoms in total. The maximum atomic E-state index is 3.27. The van der Waals surface area contributed by atoms with Crippen molar-refractivity contribution < 1.29 is 1.43 Å². The summed E-state index contributed by atoms with van der Waals surface area (Å²) in [5.74, 6) is 0. The van der Waals surface area contributed by atoms with E-state index >= 15 is 0 Å². The Morgan fingerprint density at radius 2 is 2.33 bits per heavy atom. The van der Waals surface area contributed by atoms with E-state index in [1.807, 2.05) is 13.8 Å². The van der Waals surface area contributed by atoms with E-state index in [9.17, 15) is 0 Å². The van der Waals surface area contributed by atoms with Crippen LogP contribution in [0.15, 0.2) is 11.8 Å². The molecule has 0 aromatic rings. The summed E-state index contributed by atoms with van der Waals surface area (Å²) >= 11 is 0. The second-order valence-corrected chi connectivity index (χ2v) is 1.80. The number of hydrogen-bond donors (Lipinski definition) is 1. The van der Waals surface area contributed by atoms with Crippen molar-refractivity contribution in [2.24, 2.45) is 0 Å². The topological polar surface area (TPSA) is 12.0 Å². The van der Waals surface area contributed by atoms with Crippen molar-refractivity contribution in [3.05, 3.63) is 11.8 Å². The molecule has 0 atom stereocenters. The highest BCUT2D eigenvalue weighted by Gasteiger charge is 1.96. The second-order valence-electron chi connectivity index (χ2n) is 1.80. The van der Waals surface area contributed by atoms with Gasteiger partial charge in [0.25, 0.3) is 0 Å². The van der Waals surface area contributed by atoms with E-state index in [1.165, 1.54) is 18.5 Å². The van der Waals surface area contributed by atoms with Crippen molar-refractivity contribution in [3.63, 3.8) is 0 Å². The van der Waals surface area contributed by atoms with Gasteiger partial charge in [-0.3, -0.25) is 0 Å².